The van der Waals surface area contributed by atoms with E-state index in [2.05, 4.69) is 0 Å². The minimum atomic E-state index is -0.257. The molecule has 0 fully saturated rings. The molecule has 0 unspecified atom stereocenters. The van der Waals surface area contributed by atoms with Crippen molar-refractivity contribution in [2.24, 2.45) is 0 Å². The lowest BCUT2D eigenvalue weighted by Crippen LogP contribution is -1.87. The van der Waals surface area contributed by atoms with Crippen LogP contribution in [0.25, 0.3) is 0 Å². The summed E-state index contributed by atoms with van der Waals surface area (Å²) >= 11 is 7.32. The molecule has 0 bridgehead atoms. The summed E-state index contributed by atoms with van der Waals surface area (Å²) < 4.78 is 12.8. The molecule has 1 nitrogen and oxygen atoms in total. The Kier molecular flexibility index (Phi) is 4.05. The molecule has 2 aromatic carbocycles. The molecule has 0 radical (unpaired) electrons. The molecule has 0 saturated carbocycles. The van der Waals surface area contributed by atoms with Gasteiger partial charge in [0, 0.05) is 14.8 Å². The van der Waals surface area contributed by atoms with Crippen molar-refractivity contribution in [2.45, 2.75) is 16.4 Å². The molecule has 17 heavy (non-hydrogen) atoms. The standard InChI is InChI=1S/C13H10ClFOS/c14-10-1-6-13(9(7-10)8-16)17-12-4-2-11(15)3-5-12/h1-7,16H,8H2. The van der Waals surface area contributed by atoms with E-state index in [4.69, 9.17) is 11.6 Å². The Bertz CT molecular complexity index is 513. The van der Waals surface area contributed by atoms with Crippen LogP contribution in [0.5, 0.6) is 0 Å². The summed E-state index contributed by atoms with van der Waals surface area (Å²) in [6, 6.07) is 11.6. The Hall–Kier alpha value is -1.03. The number of hydrogen-bond acceptors (Lipinski definition) is 2. The summed E-state index contributed by atoms with van der Waals surface area (Å²) in [4.78, 5) is 1.84. The van der Waals surface area contributed by atoms with E-state index in [1.54, 1.807) is 24.3 Å². The van der Waals surface area contributed by atoms with E-state index < -0.39 is 0 Å². The van der Waals surface area contributed by atoms with Crippen LogP contribution < -0.4 is 0 Å². The highest BCUT2D eigenvalue weighted by Gasteiger charge is 2.05. The fourth-order valence-corrected chi connectivity index (χ4v) is 2.51. The van der Waals surface area contributed by atoms with E-state index in [9.17, 15) is 9.50 Å². The summed E-state index contributed by atoms with van der Waals surface area (Å²) in [5.41, 5.74) is 0.770. The third kappa shape index (κ3) is 3.22. The van der Waals surface area contributed by atoms with Crippen molar-refractivity contribution < 1.29 is 9.50 Å². The fourth-order valence-electron chi connectivity index (χ4n) is 1.40. The number of benzene rings is 2. The predicted octanol–water partition coefficient (Wildman–Crippen LogP) is 4.12. The van der Waals surface area contributed by atoms with Crippen LogP contribution in [0.15, 0.2) is 52.3 Å². The zero-order valence-corrected chi connectivity index (χ0v) is 10.4. The average molecular weight is 269 g/mol. The second-order valence-electron chi connectivity index (χ2n) is 3.47. The fraction of sp³-hybridized carbons (Fsp3) is 0.0769. The van der Waals surface area contributed by atoms with Crippen molar-refractivity contribution in [3.05, 3.63) is 58.9 Å². The van der Waals surface area contributed by atoms with Crippen LogP contribution in [0.4, 0.5) is 4.39 Å². The van der Waals surface area contributed by atoms with Gasteiger partial charge in [-0.25, -0.2) is 4.39 Å². The summed E-state index contributed by atoms with van der Waals surface area (Å²) in [5, 5.41) is 9.83. The van der Waals surface area contributed by atoms with Crippen molar-refractivity contribution in [2.75, 3.05) is 0 Å². The van der Waals surface area contributed by atoms with Crippen LogP contribution in [-0.4, -0.2) is 5.11 Å². The molecule has 0 heterocycles. The second kappa shape index (κ2) is 5.54. The first-order chi connectivity index (χ1) is 8.19. The minimum Gasteiger partial charge on any atom is -0.392 e. The van der Waals surface area contributed by atoms with Gasteiger partial charge in [0.05, 0.1) is 6.61 Å². The molecule has 0 aliphatic rings. The molecule has 0 aliphatic carbocycles. The Morgan fingerprint density at radius 2 is 1.82 bits per heavy atom. The van der Waals surface area contributed by atoms with Gasteiger partial charge >= 0.3 is 0 Å². The van der Waals surface area contributed by atoms with Crippen molar-refractivity contribution in [3.8, 4) is 0 Å². The third-order valence-electron chi connectivity index (χ3n) is 2.23. The molecule has 0 aliphatic heterocycles. The van der Waals surface area contributed by atoms with Crippen LogP contribution in [0.3, 0.4) is 0 Å². The van der Waals surface area contributed by atoms with Gasteiger partial charge in [-0.05, 0) is 48.0 Å². The maximum absolute atomic E-state index is 12.8. The average Bonchev–Trinajstić information content (AvgIpc) is 2.34. The number of hydrogen-bond donors (Lipinski definition) is 1. The van der Waals surface area contributed by atoms with Crippen molar-refractivity contribution in [3.63, 3.8) is 0 Å². The van der Waals surface area contributed by atoms with Crippen LogP contribution in [0.1, 0.15) is 5.56 Å². The predicted molar refractivity (Wildman–Crippen MR) is 67.9 cm³/mol. The van der Waals surface area contributed by atoms with Crippen LogP contribution >= 0.6 is 23.4 Å². The van der Waals surface area contributed by atoms with Crippen molar-refractivity contribution in [1.82, 2.24) is 0 Å². The molecule has 1 N–H and O–H groups in total. The van der Waals surface area contributed by atoms with E-state index >= 15 is 0 Å². The maximum atomic E-state index is 12.8. The molecule has 0 aromatic heterocycles. The Morgan fingerprint density at radius 3 is 2.47 bits per heavy atom. The summed E-state index contributed by atoms with van der Waals surface area (Å²) in [7, 11) is 0. The SMILES string of the molecule is OCc1cc(Cl)ccc1Sc1ccc(F)cc1. The zero-order chi connectivity index (χ0) is 12.3. The van der Waals surface area contributed by atoms with Crippen LogP contribution in [0, 0.1) is 5.82 Å². The van der Waals surface area contributed by atoms with Gasteiger partial charge in [-0.2, -0.15) is 0 Å². The number of halogens is 2. The van der Waals surface area contributed by atoms with Gasteiger partial charge in [0.2, 0.25) is 0 Å². The first-order valence-corrected chi connectivity index (χ1v) is 6.21. The van der Waals surface area contributed by atoms with Gasteiger partial charge in [0.15, 0.2) is 0 Å². The molecular weight excluding hydrogens is 259 g/mol. The lowest BCUT2D eigenvalue weighted by Gasteiger charge is -2.07. The molecular formula is C13H10ClFOS. The largest absolute Gasteiger partial charge is 0.392 e. The molecule has 2 aromatic rings. The first kappa shape index (κ1) is 12.4. The number of aliphatic hydroxyl groups excluding tert-OH is 1. The van der Waals surface area contributed by atoms with Gasteiger partial charge in [-0.15, -0.1) is 0 Å². The van der Waals surface area contributed by atoms with E-state index in [0.717, 1.165) is 15.4 Å². The Morgan fingerprint density at radius 1 is 1.12 bits per heavy atom. The first-order valence-electron chi connectivity index (χ1n) is 5.02. The van der Waals surface area contributed by atoms with Crippen molar-refractivity contribution in [1.29, 1.82) is 0 Å². The molecule has 2 rings (SSSR count). The highest BCUT2D eigenvalue weighted by molar-refractivity contribution is 7.99. The monoisotopic (exact) mass is 268 g/mol. The third-order valence-corrected chi connectivity index (χ3v) is 3.60. The van der Waals surface area contributed by atoms with E-state index in [-0.39, 0.29) is 12.4 Å². The normalized spacial score (nSPS) is 10.5. The quantitative estimate of drug-likeness (QED) is 0.903. The van der Waals surface area contributed by atoms with Gasteiger partial charge in [-0.3, -0.25) is 0 Å². The topological polar surface area (TPSA) is 20.2 Å². The number of aliphatic hydroxyl groups is 1. The second-order valence-corrected chi connectivity index (χ2v) is 5.02. The molecule has 0 saturated heterocycles. The van der Waals surface area contributed by atoms with E-state index in [1.807, 2.05) is 6.07 Å². The van der Waals surface area contributed by atoms with Gasteiger partial charge < -0.3 is 5.11 Å². The molecule has 0 spiro atoms. The lowest BCUT2D eigenvalue weighted by atomic mass is 10.2. The smallest absolute Gasteiger partial charge is 0.123 e. The molecule has 4 heteroatoms. The minimum absolute atomic E-state index is 0.0654. The van der Waals surface area contributed by atoms with Crippen molar-refractivity contribution >= 4 is 23.4 Å². The molecule has 88 valence electrons. The van der Waals surface area contributed by atoms with Gasteiger partial charge in [0.25, 0.3) is 0 Å². The summed E-state index contributed by atoms with van der Waals surface area (Å²) in [6.07, 6.45) is 0. The van der Waals surface area contributed by atoms with Crippen LogP contribution in [0.2, 0.25) is 5.02 Å². The molecule has 0 atom stereocenters. The molecule has 0 amide bonds. The van der Waals surface area contributed by atoms with Gasteiger partial charge in [-0.1, -0.05) is 23.4 Å². The maximum Gasteiger partial charge on any atom is 0.123 e. The summed E-state index contributed by atoms with van der Waals surface area (Å²) in [6.45, 7) is -0.0654. The van der Waals surface area contributed by atoms with Crippen LogP contribution in [-0.2, 0) is 6.61 Å². The highest BCUT2D eigenvalue weighted by atomic mass is 35.5. The van der Waals surface area contributed by atoms with E-state index in [1.165, 1.54) is 23.9 Å². The Balaban J connectivity index is 2.26. The summed E-state index contributed by atoms with van der Waals surface area (Å²) in [5.74, 6) is -0.257. The number of rotatable bonds is 3. The Labute approximate surface area is 108 Å². The zero-order valence-electron chi connectivity index (χ0n) is 8.86. The van der Waals surface area contributed by atoms with E-state index in [0.29, 0.717) is 5.02 Å². The highest BCUT2D eigenvalue weighted by Crippen LogP contribution is 2.32. The lowest BCUT2D eigenvalue weighted by molar-refractivity contribution is 0.279. The van der Waals surface area contributed by atoms with Gasteiger partial charge in [0.1, 0.15) is 5.82 Å².